The van der Waals surface area contributed by atoms with Crippen molar-refractivity contribution in [2.24, 2.45) is 20.5 Å². The number of phenolic OH excluding ortho intramolecular Hbond substituents is 3. The first kappa shape index (κ1) is 30.8. The van der Waals surface area contributed by atoms with Gasteiger partial charge in [-0.15, -0.1) is 10.2 Å². The summed E-state index contributed by atoms with van der Waals surface area (Å²) in [6, 6.07) is 19.8. The highest BCUT2D eigenvalue weighted by Crippen LogP contribution is 2.44. The minimum Gasteiger partial charge on any atom is -0.508 e. The molecule has 17 heteroatoms. The summed E-state index contributed by atoms with van der Waals surface area (Å²) in [4.78, 5) is -1.52. The van der Waals surface area contributed by atoms with E-state index in [1.807, 2.05) is 0 Å². The van der Waals surface area contributed by atoms with Crippen LogP contribution in [0.25, 0.3) is 10.8 Å². The van der Waals surface area contributed by atoms with Crippen LogP contribution in [0, 0.1) is 0 Å². The number of hydrogen-bond donors (Lipinski definition) is 7. The Morgan fingerprint density at radius 2 is 1.22 bits per heavy atom. The van der Waals surface area contributed by atoms with Crippen molar-refractivity contribution in [2.45, 2.75) is 9.79 Å². The topological polar surface area (TPSA) is 257 Å². The molecule has 5 aromatic rings. The zero-order chi connectivity index (χ0) is 32.5. The van der Waals surface area contributed by atoms with Crippen LogP contribution < -0.4 is 11.1 Å². The summed E-state index contributed by atoms with van der Waals surface area (Å²) in [5.41, 5.74) is 7.20. The number of phenols is 3. The minimum atomic E-state index is -4.99. The first-order valence-corrected chi connectivity index (χ1v) is 15.4. The van der Waals surface area contributed by atoms with E-state index in [2.05, 4.69) is 25.8 Å². The Morgan fingerprint density at radius 3 is 1.76 bits per heavy atom. The maximum Gasteiger partial charge on any atom is 0.296 e. The van der Waals surface area contributed by atoms with E-state index in [0.29, 0.717) is 17.1 Å². The van der Waals surface area contributed by atoms with Gasteiger partial charge in [0, 0.05) is 28.5 Å². The number of rotatable bonds is 8. The maximum atomic E-state index is 12.1. The van der Waals surface area contributed by atoms with Crippen molar-refractivity contribution in [3.63, 3.8) is 0 Å². The smallest absolute Gasteiger partial charge is 0.296 e. The highest BCUT2D eigenvalue weighted by molar-refractivity contribution is 7.86. The first-order chi connectivity index (χ1) is 21.2. The number of aromatic hydroxyl groups is 3. The average Bonchev–Trinajstić information content (AvgIpc) is 2.96. The van der Waals surface area contributed by atoms with E-state index in [1.165, 1.54) is 24.3 Å². The summed E-state index contributed by atoms with van der Waals surface area (Å²) in [7, 11) is -9.71. The minimum absolute atomic E-state index is 0.0970. The Hall–Kier alpha value is -5.62. The third-order valence-corrected chi connectivity index (χ3v) is 7.95. The lowest BCUT2D eigenvalue weighted by atomic mass is 10.1. The third-order valence-electron chi connectivity index (χ3n) is 6.25. The molecular weight excluding hydrogens is 628 g/mol. The van der Waals surface area contributed by atoms with Crippen LogP contribution in [0.1, 0.15) is 0 Å². The molecular formula is C28H22N6O9S2. The second kappa shape index (κ2) is 11.8. The zero-order valence-electron chi connectivity index (χ0n) is 22.6. The van der Waals surface area contributed by atoms with Gasteiger partial charge in [-0.1, -0.05) is 0 Å². The summed E-state index contributed by atoms with van der Waals surface area (Å²) in [6.07, 6.45) is 0. The van der Waals surface area contributed by atoms with E-state index in [9.17, 15) is 41.3 Å². The fraction of sp³-hybridized carbons (Fsp3) is 0. The summed E-state index contributed by atoms with van der Waals surface area (Å²) in [5.74, 6) is -1.10. The van der Waals surface area contributed by atoms with Gasteiger partial charge in [0.2, 0.25) is 0 Å². The molecule has 0 unspecified atom stereocenters. The van der Waals surface area contributed by atoms with Gasteiger partial charge in [-0.2, -0.15) is 27.1 Å². The van der Waals surface area contributed by atoms with Gasteiger partial charge < -0.3 is 26.4 Å². The Morgan fingerprint density at radius 1 is 0.644 bits per heavy atom. The van der Waals surface area contributed by atoms with Crippen molar-refractivity contribution in [3.05, 3.63) is 84.9 Å². The van der Waals surface area contributed by atoms with E-state index in [-0.39, 0.29) is 39.3 Å². The maximum absolute atomic E-state index is 12.1. The first-order valence-electron chi connectivity index (χ1n) is 12.6. The number of benzene rings is 5. The Labute approximate surface area is 255 Å². The molecule has 0 radical (unpaired) electrons. The summed E-state index contributed by atoms with van der Waals surface area (Å²) in [5, 5.41) is 48.6. The van der Waals surface area contributed by atoms with Crippen molar-refractivity contribution in [3.8, 4) is 17.2 Å². The van der Waals surface area contributed by atoms with Crippen molar-refractivity contribution < 1.29 is 41.3 Å². The van der Waals surface area contributed by atoms with Crippen molar-refractivity contribution in [1.29, 1.82) is 0 Å². The number of nitrogen functional groups attached to an aromatic ring is 1. The fourth-order valence-electron chi connectivity index (χ4n) is 4.14. The standard InChI is InChI=1S/C28H22N6O9S2/c29-22-14-21(44(38,39)40)11-15-12-25(45(41,42)43)27(28(37)26(15)22)34-32-19-7-3-17(4-8-19)30-16-1-5-18(6-2-16)31-33-23-10-9-20(35)13-24(23)36/h1-14,30,35-37H,29H2,(H,38,39,40)(H,41,42,43). The van der Waals surface area contributed by atoms with Gasteiger partial charge in [-0.25, -0.2) is 0 Å². The number of nitrogens with zero attached hydrogens (tertiary/aromatic N) is 4. The van der Waals surface area contributed by atoms with Gasteiger partial charge >= 0.3 is 0 Å². The summed E-state index contributed by atoms with van der Waals surface area (Å²) < 4.78 is 66.4. The van der Waals surface area contributed by atoms with Gasteiger partial charge in [0.1, 0.15) is 27.8 Å². The van der Waals surface area contributed by atoms with E-state index in [0.717, 1.165) is 24.3 Å². The third kappa shape index (κ3) is 6.97. The summed E-state index contributed by atoms with van der Waals surface area (Å²) in [6.45, 7) is 0. The number of nitrogens with two attached hydrogens (primary N) is 1. The molecule has 0 aromatic heterocycles. The largest absolute Gasteiger partial charge is 0.508 e. The second-order valence-corrected chi connectivity index (χ2v) is 12.2. The van der Waals surface area contributed by atoms with Crippen LogP contribution >= 0.6 is 0 Å². The molecule has 0 amide bonds. The predicted molar refractivity (Wildman–Crippen MR) is 164 cm³/mol. The molecule has 0 bridgehead atoms. The van der Waals surface area contributed by atoms with Gasteiger partial charge in [0.15, 0.2) is 5.75 Å². The molecule has 0 aliphatic heterocycles. The average molecular weight is 651 g/mol. The number of azo groups is 2. The Bertz CT molecular complexity index is 2220. The lowest BCUT2D eigenvalue weighted by Gasteiger charge is -2.12. The summed E-state index contributed by atoms with van der Waals surface area (Å²) >= 11 is 0. The number of hydrogen-bond acceptors (Lipinski definition) is 13. The quantitative estimate of drug-likeness (QED) is 0.0534. The van der Waals surface area contributed by atoms with Gasteiger partial charge in [0.05, 0.1) is 16.3 Å². The van der Waals surface area contributed by atoms with Crippen LogP contribution in [-0.2, 0) is 20.2 Å². The highest BCUT2D eigenvalue weighted by atomic mass is 32.2. The van der Waals surface area contributed by atoms with Crippen molar-refractivity contribution in [1.82, 2.24) is 0 Å². The lowest BCUT2D eigenvalue weighted by molar-refractivity contribution is 0.451. The molecule has 15 nitrogen and oxygen atoms in total. The highest BCUT2D eigenvalue weighted by Gasteiger charge is 2.24. The van der Waals surface area contributed by atoms with E-state index in [4.69, 9.17) is 5.73 Å². The number of anilines is 3. The Balaban J connectivity index is 1.35. The second-order valence-electron chi connectivity index (χ2n) is 9.42. The van der Waals surface area contributed by atoms with Gasteiger partial charge in [0.25, 0.3) is 20.2 Å². The monoisotopic (exact) mass is 650 g/mol. The van der Waals surface area contributed by atoms with Crippen LogP contribution in [0.5, 0.6) is 17.2 Å². The van der Waals surface area contributed by atoms with Crippen molar-refractivity contribution in [2.75, 3.05) is 11.1 Å². The lowest BCUT2D eigenvalue weighted by Crippen LogP contribution is -2.02. The van der Waals surface area contributed by atoms with Crippen LogP contribution in [0.3, 0.4) is 0 Å². The molecule has 230 valence electrons. The van der Waals surface area contributed by atoms with Gasteiger partial charge in [-0.3, -0.25) is 9.11 Å². The molecule has 0 spiro atoms. The molecule has 0 atom stereocenters. The normalized spacial score (nSPS) is 12.3. The molecule has 0 fully saturated rings. The van der Waals surface area contributed by atoms with Crippen LogP contribution in [-0.4, -0.2) is 41.3 Å². The Kier molecular flexibility index (Phi) is 8.09. The van der Waals surface area contributed by atoms with E-state index < -0.39 is 41.5 Å². The van der Waals surface area contributed by atoms with E-state index >= 15 is 0 Å². The number of nitrogens with one attached hydrogen (secondary N) is 1. The van der Waals surface area contributed by atoms with Crippen LogP contribution in [0.2, 0.25) is 0 Å². The fourth-order valence-corrected chi connectivity index (χ4v) is 5.35. The van der Waals surface area contributed by atoms with Crippen molar-refractivity contribution >= 4 is 70.8 Å². The molecule has 8 N–H and O–H groups in total. The molecule has 0 heterocycles. The molecule has 0 aliphatic rings. The van der Waals surface area contributed by atoms with E-state index in [1.54, 1.807) is 36.4 Å². The van der Waals surface area contributed by atoms with Gasteiger partial charge in [-0.05, 0) is 84.2 Å². The molecule has 5 aromatic carbocycles. The molecule has 0 saturated heterocycles. The van der Waals surface area contributed by atoms with Crippen LogP contribution in [0.4, 0.5) is 39.8 Å². The molecule has 0 saturated carbocycles. The zero-order valence-corrected chi connectivity index (χ0v) is 24.3. The van der Waals surface area contributed by atoms with Crippen LogP contribution in [0.15, 0.2) is 115 Å². The molecule has 0 aliphatic carbocycles. The molecule has 45 heavy (non-hydrogen) atoms. The number of fused-ring (bicyclic) bond motifs is 1. The SMILES string of the molecule is Nc1cc(S(=O)(=O)O)cc2cc(S(=O)(=O)O)c(N=Nc3ccc(Nc4ccc(N=Nc5ccc(O)cc5O)cc4)cc3)c(O)c12. The molecule has 5 rings (SSSR count). The predicted octanol–water partition coefficient (Wildman–Crippen LogP) is 6.61.